The summed E-state index contributed by atoms with van der Waals surface area (Å²) in [5, 5.41) is 12.8. The minimum absolute atomic E-state index is 0.0963. The summed E-state index contributed by atoms with van der Waals surface area (Å²) in [7, 11) is 0. The predicted octanol–water partition coefficient (Wildman–Crippen LogP) is 2.65. The van der Waals surface area contributed by atoms with E-state index in [9.17, 15) is 5.11 Å². The van der Waals surface area contributed by atoms with Crippen molar-refractivity contribution in [3.05, 3.63) is 59.9 Å². The third-order valence-electron chi connectivity index (χ3n) is 4.20. The molecule has 1 aromatic carbocycles. The molecule has 22 heavy (non-hydrogen) atoms. The maximum atomic E-state index is 9.20. The lowest BCUT2D eigenvalue weighted by molar-refractivity contribution is 0.211. The smallest absolute Gasteiger partial charge is 0.0682 e. The molecule has 3 rings (SSSR count). The molecule has 0 unspecified atom stereocenters. The molecule has 0 aliphatic carbocycles. The number of likely N-dealkylation sites (tertiary alicyclic amines) is 1. The van der Waals surface area contributed by atoms with Gasteiger partial charge in [0, 0.05) is 43.8 Å². The van der Waals surface area contributed by atoms with Crippen LogP contribution < -0.4 is 5.32 Å². The lowest BCUT2D eigenvalue weighted by Crippen LogP contribution is -2.38. The molecule has 0 radical (unpaired) electrons. The van der Waals surface area contributed by atoms with E-state index in [4.69, 9.17) is 0 Å². The molecule has 2 heterocycles. The zero-order valence-electron chi connectivity index (χ0n) is 12.8. The van der Waals surface area contributed by atoms with Crippen molar-refractivity contribution in [2.24, 2.45) is 0 Å². The van der Waals surface area contributed by atoms with Crippen molar-refractivity contribution in [2.75, 3.05) is 18.4 Å². The van der Waals surface area contributed by atoms with Crippen LogP contribution in [0, 0.1) is 0 Å². The van der Waals surface area contributed by atoms with Crippen LogP contribution >= 0.6 is 0 Å². The molecular formula is C18H23N3O. The highest BCUT2D eigenvalue weighted by Gasteiger charge is 2.19. The standard InChI is InChI=1S/C18H23N3O/c22-14-15-3-1-5-18(11-15)20-17-6-9-21(10-7-17)13-16-4-2-8-19-12-16/h1-5,8,11-12,17,20,22H,6-7,9-10,13-14H2. The van der Waals surface area contributed by atoms with E-state index in [0.717, 1.165) is 43.7 Å². The van der Waals surface area contributed by atoms with Gasteiger partial charge >= 0.3 is 0 Å². The van der Waals surface area contributed by atoms with E-state index in [0.29, 0.717) is 6.04 Å². The summed E-state index contributed by atoms with van der Waals surface area (Å²) in [4.78, 5) is 6.66. The molecule has 0 saturated carbocycles. The van der Waals surface area contributed by atoms with Crippen LogP contribution in [0.15, 0.2) is 48.8 Å². The van der Waals surface area contributed by atoms with Gasteiger partial charge in [-0.2, -0.15) is 0 Å². The number of aliphatic hydroxyl groups excluding tert-OH is 1. The summed E-state index contributed by atoms with van der Waals surface area (Å²) in [6.07, 6.45) is 6.05. The third kappa shape index (κ3) is 4.06. The van der Waals surface area contributed by atoms with Gasteiger partial charge in [0.05, 0.1) is 6.61 Å². The SMILES string of the molecule is OCc1cccc(NC2CCN(Cc3cccnc3)CC2)c1. The Morgan fingerprint density at radius 1 is 1.14 bits per heavy atom. The van der Waals surface area contributed by atoms with Gasteiger partial charge < -0.3 is 10.4 Å². The molecule has 2 aromatic rings. The van der Waals surface area contributed by atoms with Crippen LogP contribution in [0.25, 0.3) is 0 Å². The minimum atomic E-state index is 0.0963. The molecule has 1 aliphatic rings. The first-order chi connectivity index (χ1) is 10.8. The zero-order chi connectivity index (χ0) is 15.2. The topological polar surface area (TPSA) is 48.4 Å². The highest BCUT2D eigenvalue weighted by molar-refractivity contribution is 5.46. The first kappa shape index (κ1) is 15.0. The molecular weight excluding hydrogens is 274 g/mol. The molecule has 2 N–H and O–H groups in total. The number of aromatic nitrogens is 1. The van der Waals surface area contributed by atoms with Crippen molar-refractivity contribution in [1.82, 2.24) is 9.88 Å². The van der Waals surface area contributed by atoms with Gasteiger partial charge in [-0.25, -0.2) is 0 Å². The van der Waals surface area contributed by atoms with E-state index in [1.54, 1.807) is 0 Å². The molecule has 1 aliphatic heterocycles. The van der Waals surface area contributed by atoms with E-state index in [1.165, 1.54) is 5.56 Å². The highest BCUT2D eigenvalue weighted by Crippen LogP contribution is 2.19. The summed E-state index contributed by atoms with van der Waals surface area (Å²) in [5.74, 6) is 0. The summed E-state index contributed by atoms with van der Waals surface area (Å²) >= 11 is 0. The van der Waals surface area contributed by atoms with Crippen LogP contribution in [0.1, 0.15) is 24.0 Å². The quantitative estimate of drug-likeness (QED) is 0.891. The fourth-order valence-electron chi connectivity index (χ4n) is 2.98. The molecule has 0 amide bonds. The van der Waals surface area contributed by atoms with Gasteiger partial charge in [0.15, 0.2) is 0 Å². The van der Waals surface area contributed by atoms with Crippen LogP contribution in [-0.2, 0) is 13.2 Å². The Kier molecular flexibility index (Phi) is 5.03. The third-order valence-corrected chi connectivity index (χ3v) is 4.20. The van der Waals surface area contributed by atoms with Crippen LogP contribution in [0.2, 0.25) is 0 Å². The lowest BCUT2D eigenvalue weighted by Gasteiger charge is -2.32. The monoisotopic (exact) mass is 297 g/mol. The van der Waals surface area contributed by atoms with Gasteiger partial charge in [0.1, 0.15) is 0 Å². The maximum Gasteiger partial charge on any atom is 0.0682 e. The molecule has 1 saturated heterocycles. The Morgan fingerprint density at radius 2 is 1.95 bits per heavy atom. The predicted molar refractivity (Wildman–Crippen MR) is 88.5 cm³/mol. The lowest BCUT2D eigenvalue weighted by atomic mass is 10.0. The van der Waals surface area contributed by atoms with Crippen LogP contribution in [0.5, 0.6) is 0 Å². The second-order valence-electron chi connectivity index (χ2n) is 5.91. The Morgan fingerprint density at radius 3 is 2.68 bits per heavy atom. The average molecular weight is 297 g/mol. The number of hydrogen-bond donors (Lipinski definition) is 2. The number of aliphatic hydroxyl groups is 1. The van der Waals surface area contributed by atoms with Crippen molar-refractivity contribution < 1.29 is 5.11 Å². The number of rotatable bonds is 5. The number of anilines is 1. The molecule has 1 aromatic heterocycles. The van der Waals surface area contributed by atoms with Gasteiger partial charge in [-0.3, -0.25) is 9.88 Å². The summed E-state index contributed by atoms with van der Waals surface area (Å²) in [6.45, 7) is 3.29. The Bertz CT molecular complexity index is 580. The maximum absolute atomic E-state index is 9.20. The molecule has 1 fully saturated rings. The average Bonchev–Trinajstić information content (AvgIpc) is 2.58. The Balaban J connectivity index is 1.49. The molecule has 4 heteroatoms. The zero-order valence-corrected chi connectivity index (χ0v) is 12.8. The highest BCUT2D eigenvalue weighted by atomic mass is 16.3. The number of nitrogens with zero attached hydrogens (tertiary/aromatic N) is 2. The molecule has 0 bridgehead atoms. The second kappa shape index (κ2) is 7.38. The molecule has 0 spiro atoms. The van der Waals surface area contributed by atoms with Crippen molar-refractivity contribution in [3.63, 3.8) is 0 Å². The second-order valence-corrected chi connectivity index (χ2v) is 5.91. The van der Waals surface area contributed by atoms with E-state index >= 15 is 0 Å². The van der Waals surface area contributed by atoms with Gasteiger partial charge in [0.25, 0.3) is 0 Å². The molecule has 0 atom stereocenters. The van der Waals surface area contributed by atoms with Crippen molar-refractivity contribution in [2.45, 2.75) is 32.0 Å². The first-order valence-corrected chi connectivity index (χ1v) is 7.91. The van der Waals surface area contributed by atoms with Crippen molar-refractivity contribution in [1.29, 1.82) is 0 Å². The van der Waals surface area contributed by atoms with Gasteiger partial charge in [0.2, 0.25) is 0 Å². The largest absolute Gasteiger partial charge is 0.392 e. The normalized spacial score (nSPS) is 16.6. The Labute approximate surface area is 131 Å². The fourth-order valence-corrected chi connectivity index (χ4v) is 2.98. The summed E-state index contributed by atoms with van der Waals surface area (Å²) < 4.78 is 0. The number of nitrogens with one attached hydrogen (secondary N) is 1. The van der Waals surface area contributed by atoms with Crippen molar-refractivity contribution in [3.8, 4) is 0 Å². The van der Waals surface area contributed by atoms with E-state index in [2.05, 4.69) is 27.3 Å². The number of pyridine rings is 1. The number of benzene rings is 1. The van der Waals surface area contributed by atoms with Crippen LogP contribution in [0.3, 0.4) is 0 Å². The minimum Gasteiger partial charge on any atom is -0.392 e. The van der Waals surface area contributed by atoms with Gasteiger partial charge in [-0.1, -0.05) is 18.2 Å². The molecule has 116 valence electrons. The van der Waals surface area contributed by atoms with E-state index < -0.39 is 0 Å². The van der Waals surface area contributed by atoms with E-state index in [-0.39, 0.29) is 6.61 Å². The van der Waals surface area contributed by atoms with Gasteiger partial charge in [-0.05, 0) is 42.2 Å². The van der Waals surface area contributed by atoms with Gasteiger partial charge in [-0.15, -0.1) is 0 Å². The number of hydrogen-bond acceptors (Lipinski definition) is 4. The van der Waals surface area contributed by atoms with E-state index in [1.807, 2.05) is 36.7 Å². The molecule has 4 nitrogen and oxygen atoms in total. The fraction of sp³-hybridized carbons (Fsp3) is 0.389. The Hall–Kier alpha value is -1.91. The van der Waals surface area contributed by atoms with Crippen molar-refractivity contribution >= 4 is 5.69 Å². The number of piperidine rings is 1. The summed E-state index contributed by atoms with van der Waals surface area (Å²) in [6, 6.07) is 12.7. The van der Waals surface area contributed by atoms with Crippen LogP contribution in [-0.4, -0.2) is 34.1 Å². The summed E-state index contributed by atoms with van der Waals surface area (Å²) in [5.41, 5.74) is 3.35. The first-order valence-electron chi connectivity index (χ1n) is 7.91. The van der Waals surface area contributed by atoms with Crippen LogP contribution in [0.4, 0.5) is 5.69 Å².